The first kappa shape index (κ1) is 11.3. The zero-order chi connectivity index (χ0) is 12.7. The van der Waals surface area contributed by atoms with Crippen molar-refractivity contribution in [3.8, 4) is 11.3 Å². The maximum absolute atomic E-state index is 13.0. The Hall–Kier alpha value is -1.84. The minimum Gasteiger partial charge on any atom is -0.382 e. The fourth-order valence-corrected chi connectivity index (χ4v) is 2.61. The maximum Gasteiger partial charge on any atom is 0.149 e. The fourth-order valence-electron chi connectivity index (χ4n) is 2.61. The first-order valence-corrected chi connectivity index (χ1v) is 6.25. The van der Waals surface area contributed by atoms with Crippen molar-refractivity contribution in [2.24, 2.45) is 7.05 Å². The fraction of sp³-hybridized carbons (Fsp3) is 0.357. The van der Waals surface area contributed by atoms with Gasteiger partial charge in [0, 0.05) is 18.2 Å². The Kier molecular flexibility index (Phi) is 2.58. The zero-order valence-corrected chi connectivity index (χ0v) is 10.4. The number of benzene rings is 1. The summed E-state index contributed by atoms with van der Waals surface area (Å²) < 4.78 is 14.8. The Labute approximate surface area is 105 Å². The predicted octanol–water partition coefficient (Wildman–Crippen LogP) is 3.08. The summed E-state index contributed by atoms with van der Waals surface area (Å²) in [7, 11) is 1.89. The number of aromatic nitrogens is 2. The van der Waals surface area contributed by atoms with E-state index in [0.717, 1.165) is 16.8 Å². The van der Waals surface area contributed by atoms with E-state index in [-0.39, 0.29) is 5.82 Å². The smallest absolute Gasteiger partial charge is 0.149 e. The standard InChI is InChI=1S/C14H16FN3/c1-18-13(10-5-7-11(15)8-6-10)12(14(16)17-18)9-3-2-4-9/h5-9H,2-4H2,1H3,(H2,16,17). The quantitative estimate of drug-likeness (QED) is 0.883. The lowest BCUT2D eigenvalue weighted by Gasteiger charge is -2.26. The first-order chi connectivity index (χ1) is 8.66. The normalized spacial score (nSPS) is 15.7. The number of nitrogen functional groups attached to an aromatic ring is 1. The van der Waals surface area contributed by atoms with Crippen molar-refractivity contribution in [2.45, 2.75) is 25.2 Å². The Morgan fingerprint density at radius 3 is 2.50 bits per heavy atom. The molecule has 0 radical (unpaired) electrons. The molecule has 1 aliphatic carbocycles. The third kappa shape index (κ3) is 1.68. The van der Waals surface area contributed by atoms with E-state index >= 15 is 0 Å². The van der Waals surface area contributed by atoms with Crippen LogP contribution in [0.4, 0.5) is 10.2 Å². The van der Waals surface area contributed by atoms with Crippen molar-refractivity contribution in [1.82, 2.24) is 9.78 Å². The molecule has 0 atom stereocenters. The molecule has 1 aromatic heterocycles. The average Bonchev–Trinajstić information content (AvgIpc) is 2.54. The second-order valence-corrected chi connectivity index (χ2v) is 4.91. The Bertz CT molecular complexity index is 567. The summed E-state index contributed by atoms with van der Waals surface area (Å²) in [5.74, 6) is 0.902. The second-order valence-electron chi connectivity index (χ2n) is 4.91. The molecule has 0 amide bonds. The lowest BCUT2D eigenvalue weighted by molar-refractivity contribution is 0.421. The molecule has 1 aromatic carbocycles. The van der Waals surface area contributed by atoms with Crippen molar-refractivity contribution in [2.75, 3.05) is 5.73 Å². The van der Waals surface area contributed by atoms with Gasteiger partial charge in [0.15, 0.2) is 0 Å². The number of anilines is 1. The third-order valence-corrected chi connectivity index (χ3v) is 3.74. The van der Waals surface area contributed by atoms with Gasteiger partial charge in [-0.05, 0) is 43.0 Å². The van der Waals surface area contributed by atoms with Gasteiger partial charge in [-0.2, -0.15) is 5.10 Å². The highest BCUT2D eigenvalue weighted by atomic mass is 19.1. The van der Waals surface area contributed by atoms with E-state index in [4.69, 9.17) is 5.73 Å². The van der Waals surface area contributed by atoms with Gasteiger partial charge in [0.25, 0.3) is 0 Å². The van der Waals surface area contributed by atoms with E-state index in [1.807, 2.05) is 7.05 Å². The highest BCUT2D eigenvalue weighted by Crippen LogP contribution is 2.43. The average molecular weight is 245 g/mol. The Morgan fingerprint density at radius 1 is 1.28 bits per heavy atom. The summed E-state index contributed by atoms with van der Waals surface area (Å²) in [6.07, 6.45) is 3.59. The molecule has 1 aliphatic rings. The van der Waals surface area contributed by atoms with E-state index in [9.17, 15) is 4.39 Å². The van der Waals surface area contributed by atoms with Crippen LogP contribution >= 0.6 is 0 Å². The summed E-state index contributed by atoms with van der Waals surface area (Å²) >= 11 is 0. The van der Waals surface area contributed by atoms with E-state index in [0.29, 0.717) is 11.7 Å². The van der Waals surface area contributed by atoms with Crippen molar-refractivity contribution in [3.63, 3.8) is 0 Å². The van der Waals surface area contributed by atoms with Crippen molar-refractivity contribution >= 4 is 5.82 Å². The number of nitrogens with two attached hydrogens (primary N) is 1. The van der Waals surface area contributed by atoms with Crippen LogP contribution in [0, 0.1) is 5.82 Å². The van der Waals surface area contributed by atoms with Crippen molar-refractivity contribution < 1.29 is 4.39 Å². The molecule has 1 heterocycles. The molecule has 0 spiro atoms. The number of rotatable bonds is 2. The summed E-state index contributed by atoms with van der Waals surface area (Å²) in [6.45, 7) is 0. The van der Waals surface area contributed by atoms with Crippen LogP contribution < -0.4 is 5.73 Å². The van der Waals surface area contributed by atoms with Gasteiger partial charge in [0.05, 0.1) is 5.69 Å². The van der Waals surface area contributed by atoms with Crippen LogP contribution in [0.5, 0.6) is 0 Å². The van der Waals surface area contributed by atoms with Gasteiger partial charge in [-0.15, -0.1) is 0 Å². The monoisotopic (exact) mass is 245 g/mol. The number of hydrogen-bond acceptors (Lipinski definition) is 2. The van der Waals surface area contributed by atoms with Crippen molar-refractivity contribution in [1.29, 1.82) is 0 Å². The highest BCUT2D eigenvalue weighted by Gasteiger charge is 2.28. The number of nitrogens with zero attached hydrogens (tertiary/aromatic N) is 2. The second kappa shape index (κ2) is 4.12. The Morgan fingerprint density at radius 2 is 1.94 bits per heavy atom. The number of aryl methyl sites for hydroxylation is 1. The molecule has 0 aliphatic heterocycles. The summed E-state index contributed by atoms with van der Waals surface area (Å²) in [4.78, 5) is 0. The molecule has 2 N–H and O–H groups in total. The van der Waals surface area contributed by atoms with Crippen LogP contribution in [0.2, 0.25) is 0 Å². The van der Waals surface area contributed by atoms with Crippen LogP contribution in [-0.2, 0) is 7.05 Å². The van der Waals surface area contributed by atoms with Crippen LogP contribution in [-0.4, -0.2) is 9.78 Å². The molecule has 1 saturated carbocycles. The minimum absolute atomic E-state index is 0.223. The molecule has 0 unspecified atom stereocenters. The number of halogens is 1. The van der Waals surface area contributed by atoms with Gasteiger partial charge < -0.3 is 5.73 Å². The molecule has 3 nitrogen and oxygen atoms in total. The maximum atomic E-state index is 13.0. The topological polar surface area (TPSA) is 43.8 Å². The van der Waals surface area contributed by atoms with Crippen LogP contribution in [0.3, 0.4) is 0 Å². The first-order valence-electron chi connectivity index (χ1n) is 6.25. The molecule has 18 heavy (non-hydrogen) atoms. The molecule has 3 rings (SSSR count). The zero-order valence-electron chi connectivity index (χ0n) is 10.4. The summed E-state index contributed by atoms with van der Waals surface area (Å²) in [5.41, 5.74) is 9.15. The molecular formula is C14H16FN3. The molecule has 0 bridgehead atoms. The van der Waals surface area contributed by atoms with Gasteiger partial charge in [0.1, 0.15) is 11.6 Å². The molecule has 94 valence electrons. The van der Waals surface area contributed by atoms with Crippen LogP contribution in [0.15, 0.2) is 24.3 Å². The molecule has 4 heteroatoms. The van der Waals surface area contributed by atoms with Gasteiger partial charge in [0.2, 0.25) is 0 Å². The third-order valence-electron chi connectivity index (χ3n) is 3.74. The lowest BCUT2D eigenvalue weighted by Crippen LogP contribution is -2.11. The highest BCUT2D eigenvalue weighted by molar-refractivity contribution is 5.70. The molecule has 2 aromatic rings. The van der Waals surface area contributed by atoms with Gasteiger partial charge >= 0.3 is 0 Å². The van der Waals surface area contributed by atoms with E-state index < -0.39 is 0 Å². The minimum atomic E-state index is -0.223. The summed E-state index contributed by atoms with van der Waals surface area (Å²) in [6, 6.07) is 6.52. The van der Waals surface area contributed by atoms with E-state index in [2.05, 4.69) is 5.10 Å². The lowest BCUT2D eigenvalue weighted by atomic mass is 9.79. The number of hydrogen-bond donors (Lipinski definition) is 1. The van der Waals surface area contributed by atoms with Crippen molar-refractivity contribution in [3.05, 3.63) is 35.6 Å². The molecular weight excluding hydrogens is 229 g/mol. The predicted molar refractivity (Wildman–Crippen MR) is 69.6 cm³/mol. The van der Waals surface area contributed by atoms with Gasteiger partial charge in [-0.3, -0.25) is 4.68 Å². The van der Waals surface area contributed by atoms with E-state index in [1.165, 1.54) is 31.4 Å². The molecule has 1 fully saturated rings. The van der Waals surface area contributed by atoms with Gasteiger partial charge in [-0.1, -0.05) is 6.42 Å². The van der Waals surface area contributed by atoms with E-state index in [1.54, 1.807) is 16.8 Å². The van der Waals surface area contributed by atoms with Crippen LogP contribution in [0.1, 0.15) is 30.7 Å². The summed E-state index contributed by atoms with van der Waals surface area (Å²) in [5, 5.41) is 4.31. The van der Waals surface area contributed by atoms with Gasteiger partial charge in [-0.25, -0.2) is 4.39 Å². The Balaban J connectivity index is 2.12. The molecule has 0 saturated heterocycles. The SMILES string of the molecule is Cn1nc(N)c(C2CCC2)c1-c1ccc(F)cc1. The largest absolute Gasteiger partial charge is 0.382 e. The van der Waals surface area contributed by atoms with Crippen LogP contribution in [0.25, 0.3) is 11.3 Å².